The van der Waals surface area contributed by atoms with Crippen LogP contribution in [-0.4, -0.2) is 14.1 Å². The van der Waals surface area contributed by atoms with Crippen molar-refractivity contribution in [3.63, 3.8) is 0 Å². The lowest BCUT2D eigenvalue weighted by atomic mass is 10.1. The maximum absolute atomic E-state index is 12.5. The van der Waals surface area contributed by atoms with Crippen molar-refractivity contribution in [3.05, 3.63) is 44.6 Å². The summed E-state index contributed by atoms with van der Waals surface area (Å²) in [4.78, 5) is 28.4. The van der Waals surface area contributed by atoms with Crippen LogP contribution in [-0.2, 0) is 20.6 Å². The zero-order valence-corrected chi connectivity index (χ0v) is 12.5. The average molecular weight is 296 g/mol. The van der Waals surface area contributed by atoms with E-state index in [2.05, 4.69) is 11.1 Å². The summed E-state index contributed by atoms with van der Waals surface area (Å²) >= 11 is 0. The summed E-state index contributed by atoms with van der Waals surface area (Å²) in [6.45, 7) is 2.43. The normalized spacial score (nSPS) is 11.0. The number of aromatic nitrogens is 4. The molecular formula is C15H14N5O2+. The predicted molar refractivity (Wildman–Crippen MR) is 79.4 cm³/mol. The van der Waals surface area contributed by atoms with Crippen LogP contribution in [0.5, 0.6) is 0 Å². The summed E-state index contributed by atoms with van der Waals surface area (Å²) in [6, 6.07) is 7.34. The second-order valence-corrected chi connectivity index (χ2v) is 5.05. The second-order valence-electron chi connectivity index (χ2n) is 5.05. The molecule has 0 bridgehead atoms. The average Bonchev–Trinajstić information content (AvgIpc) is 2.53. The summed E-state index contributed by atoms with van der Waals surface area (Å²) in [5.74, 6) is 0.340. The smallest absolute Gasteiger partial charge is 0.318 e. The first-order valence-corrected chi connectivity index (χ1v) is 6.83. The van der Waals surface area contributed by atoms with E-state index in [9.17, 15) is 9.59 Å². The first-order chi connectivity index (χ1) is 10.5. The van der Waals surface area contributed by atoms with Crippen molar-refractivity contribution in [3.8, 4) is 17.6 Å². The second kappa shape index (κ2) is 4.77. The van der Waals surface area contributed by atoms with E-state index in [0.717, 1.165) is 15.6 Å². The minimum atomic E-state index is -0.580. The van der Waals surface area contributed by atoms with Gasteiger partial charge >= 0.3 is 16.9 Å². The third-order valence-electron chi connectivity index (χ3n) is 3.87. The van der Waals surface area contributed by atoms with Gasteiger partial charge in [-0.2, -0.15) is 14.8 Å². The number of hydrogen-bond donors (Lipinski definition) is 0. The number of hydrogen-bond acceptors (Lipinski definition) is 4. The standard InChI is InChI=1S/C15H14N5O2/c1-4-20-11-7-9(8-16)5-6-10(11)18(2)13-12(20)14(21)19(3)15(22)17-13/h5-7H,4H2,1-3H3/q+1. The Kier molecular flexibility index (Phi) is 3.03. The topological polar surface area (TPSA) is 84.6 Å². The minimum absolute atomic E-state index is 0.340. The molecule has 0 radical (unpaired) electrons. The van der Waals surface area contributed by atoms with Crippen molar-refractivity contribution in [2.24, 2.45) is 14.1 Å². The van der Waals surface area contributed by atoms with E-state index in [1.54, 1.807) is 34.4 Å². The Morgan fingerprint density at radius 2 is 2.00 bits per heavy atom. The van der Waals surface area contributed by atoms with E-state index >= 15 is 0 Å². The maximum Gasteiger partial charge on any atom is 0.352 e. The molecule has 0 spiro atoms. The zero-order valence-electron chi connectivity index (χ0n) is 12.5. The summed E-state index contributed by atoms with van der Waals surface area (Å²) in [5, 5.41) is 9.09. The van der Waals surface area contributed by atoms with Gasteiger partial charge < -0.3 is 4.57 Å². The Hall–Kier alpha value is -3.01. The molecule has 2 heterocycles. The van der Waals surface area contributed by atoms with Gasteiger partial charge in [0.2, 0.25) is 11.3 Å². The Morgan fingerprint density at radius 1 is 1.27 bits per heavy atom. The number of rotatable bonds is 1. The summed E-state index contributed by atoms with van der Waals surface area (Å²) in [7, 11) is 3.16. The van der Waals surface area contributed by atoms with E-state index in [1.165, 1.54) is 7.05 Å². The minimum Gasteiger partial charge on any atom is -0.318 e. The van der Waals surface area contributed by atoms with Crippen LogP contribution in [0.15, 0.2) is 27.8 Å². The van der Waals surface area contributed by atoms with Crippen LogP contribution in [0.4, 0.5) is 0 Å². The third-order valence-corrected chi connectivity index (χ3v) is 3.87. The summed E-state index contributed by atoms with van der Waals surface area (Å²) < 4.78 is 4.50. The van der Waals surface area contributed by atoms with E-state index in [4.69, 9.17) is 5.26 Å². The van der Waals surface area contributed by atoms with Gasteiger partial charge in [0.25, 0.3) is 0 Å². The fourth-order valence-electron chi connectivity index (χ4n) is 2.69. The molecule has 7 heteroatoms. The number of nitriles is 1. The maximum atomic E-state index is 12.5. The van der Waals surface area contributed by atoms with Gasteiger partial charge in [0.1, 0.15) is 12.1 Å². The van der Waals surface area contributed by atoms with Crippen LogP contribution < -0.4 is 15.8 Å². The summed E-state index contributed by atoms with van der Waals surface area (Å²) in [6.07, 6.45) is 0. The largest absolute Gasteiger partial charge is 0.352 e. The first-order valence-electron chi connectivity index (χ1n) is 6.83. The molecule has 110 valence electrons. The lowest BCUT2D eigenvalue weighted by Crippen LogP contribution is -2.48. The zero-order chi connectivity index (χ0) is 16.0. The van der Waals surface area contributed by atoms with Gasteiger partial charge in [0.05, 0.1) is 11.6 Å². The SMILES string of the molecule is CC[n+]1c2c(=O)n(C)c(=O)nc-2n(C)c2ccc(C#N)cc21. The van der Waals surface area contributed by atoms with E-state index in [1.807, 2.05) is 6.92 Å². The van der Waals surface area contributed by atoms with E-state index in [-0.39, 0.29) is 0 Å². The Morgan fingerprint density at radius 3 is 2.64 bits per heavy atom. The Labute approximate surface area is 125 Å². The van der Waals surface area contributed by atoms with Gasteiger partial charge in [0, 0.05) is 20.2 Å². The highest BCUT2D eigenvalue weighted by Crippen LogP contribution is 2.18. The van der Waals surface area contributed by atoms with Crippen molar-refractivity contribution < 1.29 is 4.57 Å². The fraction of sp³-hybridized carbons (Fsp3) is 0.267. The number of benzene rings is 1. The Bertz CT molecular complexity index is 1040. The van der Waals surface area contributed by atoms with Gasteiger partial charge in [-0.25, -0.2) is 4.79 Å². The van der Waals surface area contributed by atoms with Gasteiger partial charge in [-0.05, 0) is 19.1 Å². The Balaban J connectivity index is 2.69. The molecule has 0 saturated heterocycles. The van der Waals surface area contributed by atoms with Crippen LogP contribution in [0.2, 0.25) is 0 Å². The first kappa shape index (κ1) is 13.9. The van der Waals surface area contributed by atoms with Gasteiger partial charge in [-0.15, -0.1) is 0 Å². The van der Waals surface area contributed by atoms with Crippen molar-refractivity contribution in [1.29, 1.82) is 5.26 Å². The van der Waals surface area contributed by atoms with Crippen molar-refractivity contribution in [2.45, 2.75) is 13.5 Å². The van der Waals surface area contributed by atoms with Crippen LogP contribution >= 0.6 is 0 Å². The van der Waals surface area contributed by atoms with E-state index < -0.39 is 11.2 Å². The van der Waals surface area contributed by atoms with Gasteiger partial charge in [0.15, 0.2) is 0 Å². The third kappa shape index (κ3) is 1.74. The molecule has 1 aromatic carbocycles. The molecule has 1 aromatic rings. The highest BCUT2D eigenvalue weighted by atomic mass is 16.2. The molecule has 22 heavy (non-hydrogen) atoms. The molecule has 2 aliphatic heterocycles. The van der Waals surface area contributed by atoms with Crippen LogP contribution in [0.1, 0.15) is 12.5 Å². The number of fused-ring (bicyclic) bond motifs is 2. The monoisotopic (exact) mass is 296 g/mol. The van der Waals surface area contributed by atoms with Crippen LogP contribution in [0.3, 0.4) is 0 Å². The van der Waals surface area contributed by atoms with Crippen LogP contribution in [0.25, 0.3) is 22.6 Å². The van der Waals surface area contributed by atoms with Crippen molar-refractivity contribution in [2.75, 3.05) is 0 Å². The molecule has 3 rings (SSSR count). The highest BCUT2D eigenvalue weighted by molar-refractivity contribution is 5.76. The lowest BCUT2D eigenvalue weighted by Gasteiger charge is -2.13. The lowest BCUT2D eigenvalue weighted by molar-refractivity contribution is -0.658. The highest BCUT2D eigenvalue weighted by Gasteiger charge is 2.29. The molecule has 0 aliphatic carbocycles. The molecular weight excluding hydrogens is 282 g/mol. The number of nitrogens with zero attached hydrogens (tertiary/aromatic N) is 5. The van der Waals surface area contributed by atoms with E-state index in [0.29, 0.717) is 23.6 Å². The molecule has 0 N–H and O–H groups in total. The molecule has 7 nitrogen and oxygen atoms in total. The molecule has 0 unspecified atom stereocenters. The summed E-state index contributed by atoms with van der Waals surface area (Å²) in [5.41, 5.74) is 1.46. The quantitative estimate of drug-likeness (QED) is 0.464. The van der Waals surface area contributed by atoms with Crippen molar-refractivity contribution >= 4 is 11.0 Å². The fourth-order valence-corrected chi connectivity index (χ4v) is 2.69. The molecule has 0 saturated carbocycles. The molecule has 2 aliphatic rings. The molecule has 0 aromatic heterocycles. The predicted octanol–water partition coefficient (Wildman–Crippen LogP) is -0.0839. The molecule has 0 amide bonds. The van der Waals surface area contributed by atoms with Crippen LogP contribution in [0, 0.1) is 11.3 Å². The van der Waals surface area contributed by atoms with Gasteiger partial charge in [-0.1, -0.05) is 0 Å². The van der Waals surface area contributed by atoms with Crippen molar-refractivity contribution in [1.82, 2.24) is 14.1 Å². The number of aryl methyl sites for hydroxylation is 2. The molecule has 0 atom stereocenters. The van der Waals surface area contributed by atoms with Gasteiger partial charge in [-0.3, -0.25) is 9.36 Å². The molecule has 0 fully saturated rings.